The van der Waals surface area contributed by atoms with Crippen molar-refractivity contribution in [3.8, 4) is 5.75 Å². The molecule has 1 fully saturated rings. The first-order valence-corrected chi connectivity index (χ1v) is 4.60. The summed E-state index contributed by atoms with van der Waals surface area (Å²) in [5.41, 5.74) is 0.803. The summed E-state index contributed by atoms with van der Waals surface area (Å²) in [6.07, 6.45) is 7.26. The fraction of sp³-hybridized carbons (Fsp3) is 0.500. The monoisotopic (exact) mass is 179 g/mol. The Morgan fingerprint density at radius 3 is 2.92 bits per heavy atom. The van der Waals surface area contributed by atoms with Crippen molar-refractivity contribution in [1.29, 1.82) is 0 Å². The second-order valence-corrected chi connectivity index (χ2v) is 3.36. The zero-order valence-corrected chi connectivity index (χ0v) is 7.44. The molecule has 1 aliphatic rings. The quantitative estimate of drug-likeness (QED) is 0.764. The first-order valence-electron chi connectivity index (χ1n) is 4.60. The molecule has 0 aliphatic heterocycles. The number of aromatic nitrogens is 1. The molecular formula is C10H13NO2. The van der Waals surface area contributed by atoms with Gasteiger partial charge in [-0.25, -0.2) is 0 Å². The number of hydrogen-bond donors (Lipinski definition) is 1. The average Bonchev–Trinajstić information content (AvgIpc) is 2.12. The van der Waals surface area contributed by atoms with E-state index in [1.807, 2.05) is 6.07 Å². The Kier molecular flexibility index (Phi) is 2.45. The third-order valence-corrected chi connectivity index (χ3v) is 2.31. The first kappa shape index (κ1) is 8.51. The Bertz CT molecular complexity index is 284. The van der Waals surface area contributed by atoms with E-state index in [4.69, 9.17) is 9.84 Å². The van der Waals surface area contributed by atoms with Gasteiger partial charge in [0.2, 0.25) is 0 Å². The van der Waals surface area contributed by atoms with E-state index in [1.165, 1.54) is 6.42 Å². The predicted octanol–water partition coefficient (Wildman–Crippen LogP) is 1.51. The van der Waals surface area contributed by atoms with E-state index in [0.29, 0.717) is 6.10 Å². The Balaban J connectivity index is 2.01. The number of ether oxygens (including phenoxy) is 1. The maximum atomic E-state index is 8.87. The lowest BCUT2D eigenvalue weighted by atomic mass is 9.96. The summed E-state index contributed by atoms with van der Waals surface area (Å²) in [7, 11) is 0. The maximum Gasteiger partial charge on any atom is 0.138 e. The van der Waals surface area contributed by atoms with Crippen LogP contribution in [0.3, 0.4) is 0 Å². The topological polar surface area (TPSA) is 42.4 Å². The van der Waals surface area contributed by atoms with Gasteiger partial charge in [-0.3, -0.25) is 4.98 Å². The van der Waals surface area contributed by atoms with Crippen LogP contribution >= 0.6 is 0 Å². The summed E-state index contributed by atoms with van der Waals surface area (Å²) < 4.78 is 5.62. The van der Waals surface area contributed by atoms with Gasteiger partial charge in [-0.2, -0.15) is 0 Å². The summed E-state index contributed by atoms with van der Waals surface area (Å²) in [4.78, 5) is 3.98. The van der Waals surface area contributed by atoms with Crippen molar-refractivity contribution in [2.24, 2.45) is 0 Å². The van der Waals surface area contributed by atoms with Crippen LogP contribution < -0.4 is 4.74 Å². The third kappa shape index (κ3) is 1.98. The number of pyridine rings is 1. The van der Waals surface area contributed by atoms with Gasteiger partial charge in [0.1, 0.15) is 5.75 Å². The molecule has 2 rings (SSSR count). The molecule has 1 saturated carbocycles. The van der Waals surface area contributed by atoms with Crippen LogP contribution in [0.2, 0.25) is 0 Å². The lowest BCUT2D eigenvalue weighted by Crippen LogP contribution is -2.24. The molecule has 1 aliphatic carbocycles. The highest BCUT2D eigenvalue weighted by Gasteiger charge is 2.18. The second kappa shape index (κ2) is 3.75. The highest BCUT2D eigenvalue weighted by atomic mass is 16.5. The minimum absolute atomic E-state index is 0.0227. The van der Waals surface area contributed by atoms with Crippen LogP contribution in [-0.2, 0) is 6.61 Å². The van der Waals surface area contributed by atoms with Crippen molar-refractivity contribution in [2.75, 3.05) is 0 Å². The van der Waals surface area contributed by atoms with E-state index >= 15 is 0 Å². The Hall–Kier alpha value is -1.09. The second-order valence-electron chi connectivity index (χ2n) is 3.36. The Morgan fingerprint density at radius 1 is 1.46 bits per heavy atom. The van der Waals surface area contributed by atoms with E-state index in [0.717, 1.165) is 24.2 Å². The molecule has 3 heteroatoms. The van der Waals surface area contributed by atoms with Crippen LogP contribution in [0.15, 0.2) is 18.5 Å². The van der Waals surface area contributed by atoms with Crippen LogP contribution in [0, 0.1) is 0 Å². The molecule has 0 atom stereocenters. The Labute approximate surface area is 77.4 Å². The molecular weight excluding hydrogens is 166 g/mol. The average molecular weight is 179 g/mol. The Morgan fingerprint density at radius 2 is 2.31 bits per heavy atom. The largest absolute Gasteiger partial charge is 0.489 e. The minimum Gasteiger partial charge on any atom is -0.489 e. The third-order valence-electron chi connectivity index (χ3n) is 2.31. The standard InChI is InChI=1S/C10H13NO2/c12-7-8-4-10(6-11-5-8)13-9-2-1-3-9/h4-6,9,12H,1-3,7H2. The molecule has 0 radical (unpaired) electrons. The van der Waals surface area contributed by atoms with Crippen LogP contribution in [-0.4, -0.2) is 16.2 Å². The fourth-order valence-electron chi connectivity index (χ4n) is 1.30. The highest BCUT2D eigenvalue weighted by molar-refractivity contribution is 5.23. The lowest BCUT2D eigenvalue weighted by Gasteiger charge is -2.26. The summed E-state index contributed by atoms with van der Waals surface area (Å²) in [6.45, 7) is 0.0227. The van der Waals surface area contributed by atoms with Gasteiger partial charge >= 0.3 is 0 Å². The molecule has 0 bridgehead atoms. The molecule has 0 spiro atoms. The van der Waals surface area contributed by atoms with Gasteiger partial charge in [0.15, 0.2) is 0 Å². The molecule has 1 N–H and O–H groups in total. The predicted molar refractivity (Wildman–Crippen MR) is 48.4 cm³/mol. The summed E-state index contributed by atoms with van der Waals surface area (Å²) >= 11 is 0. The van der Waals surface area contributed by atoms with Crippen molar-refractivity contribution >= 4 is 0 Å². The van der Waals surface area contributed by atoms with Crippen LogP contribution in [0.1, 0.15) is 24.8 Å². The molecule has 1 heterocycles. The molecule has 0 aromatic carbocycles. The molecule has 0 amide bonds. The van der Waals surface area contributed by atoms with Crippen LogP contribution in [0.4, 0.5) is 0 Å². The molecule has 3 nitrogen and oxygen atoms in total. The lowest BCUT2D eigenvalue weighted by molar-refractivity contribution is 0.119. The van der Waals surface area contributed by atoms with Crippen molar-refractivity contribution in [3.05, 3.63) is 24.0 Å². The fourth-order valence-corrected chi connectivity index (χ4v) is 1.30. The van der Waals surface area contributed by atoms with Gasteiger partial charge in [0.05, 0.1) is 18.9 Å². The molecule has 13 heavy (non-hydrogen) atoms. The minimum atomic E-state index is 0.0227. The highest BCUT2D eigenvalue weighted by Crippen LogP contribution is 2.24. The zero-order valence-electron chi connectivity index (χ0n) is 7.44. The maximum absolute atomic E-state index is 8.87. The van der Waals surface area contributed by atoms with E-state index in [1.54, 1.807) is 12.4 Å². The van der Waals surface area contributed by atoms with E-state index in [2.05, 4.69) is 4.98 Å². The molecule has 1 aromatic rings. The summed E-state index contributed by atoms with van der Waals surface area (Å²) in [5.74, 6) is 0.774. The first-order chi connectivity index (χ1) is 6.38. The van der Waals surface area contributed by atoms with Crippen LogP contribution in [0.25, 0.3) is 0 Å². The van der Waals surface area contributed by atoms with Gasteiger partial charge < -0.3 is 9.84 Å². The van der Waals surface area contributed by atoms with Crippen molar-refractivity contribution in [1.82, 2.24) is 4.98 Å². The van der Waals surface area contributed by atoms with Gasteiger partial charge in [0.25, 0.3) is 0 Å². The SMILES string of the molecule is OCc1cncc(OC2CCC2)c1. The van der Waals surface area contributed by atoms with E-state index in [-0.39, 0.29) is 6.61 Å². The molecule has 0 unspecified atom stereocenters. The van der Waals surface area contributed by atoms with Crippen molar-refractivity contribution in [2.45, 2.75) is 32.0 Å². The molecule has 70 valence electrons. The number of hydrogen-bond acceptors (Lipinski definition) is 3. The number of aliphatic hydroxyl groups excluding tert-OH is 1. The molecule has 0 saturated heterocycles. The number of aliphatic hydroxyl groups is 1. The van der Waals surface area contributed by atoms with Crippen molar-refractivity contribution < 1.29 is 9.84 Å². The zero-order chi connectivity index (χ0) is 9.10. The summed E-state index contributed by atoms with van der Waals surface area (Å²) in [6, 6.07) is 1.84. The number of rotatable bonds is 3. The van der Waals surface area contributed by atoms with Gasteiger partial charge in [-0.05, 0) is 30.9 Å². The van der Waals surface area contributed by atoms with Crippen LogP contribution in [0.5, 0.6) is 5.75 Å². The number of nitrogens with zero attached hydrogens (tertiary/aromatic N) is 1. The normalized spacial score (nSPS) is 16.7. The van der Waals surface area contributed by atoms with Gasteiger partial charge in [0, 0.05) is 6.20 Å². The summed E-state index contributed by atoms with van der Waals surface area (Å²) in [5, 5.41) is 8.87. The smallest absolute Gasteiger partial charge is 0.138 e. The molecule has 1 aromatic heterocycles. The van der Waals surface area contributed by atoms with E-state index < -0.39 is 0 Å². The van der Waals surface area contributed by atoms with Gasteiger partial charge in [-0.15, -0.1) is 0 Å². The van der Waals surface area contributed by atoms with E-state index in [9.17, 15) is 0 Å². The van der Waals surface area contributed by atoms with Crippen molar-refractivity contribution in [3.63, 3.8) is 0 Å². The van der Waals surface area contributed by atoms with Gasteiger partial charge in [-0.1, -0.05) is 0 Å².